The Morgan fingerprint density at radius 2 is 2.36 bits per heavy atom. The van der Waals surface area contributed by atoms with Crippen LogP contribution in [0.1, 0.15) is 6.92 Å². The molecule has 0 saturated heterocycles. The maximum absolute atomic E-state index is 10.9. The zero-order chi connectivity index (χ0) is 8.69. The van der Waals surface area contributed by atoms with Crippen LogP contribution < -0.4 is 11.1 Å². The number of Topliss-reactive ketones (excluding diaryl/α,β-unsaturated/α-hetero) is 1. The van der Waals surface area contributed by atoms with Crippen LogP contribution in [0.2, 0.25) is 0 Å². The van der Waals surface area contributed by atoms with Gasteiger partial charge in [0.15, 0.2) is 0 Å². The lowest BCUT2D eigenvalue weighted by Gasteiger charge is -2.10. The smallest absolute Gasteiger partial charge is 0.147 e. The highest BCUT2D eigenvalue weighted by Crippen LogP contribution is 2.01. The molecule has 0 aliphatic heterocycles. The van der Waals surface area contributed by atoms with Crippen molar-refractivity contribution in [2.24, 2.45) is 5.73 Å². The normalized spacial score (nSPS) is 13.0. The maximum atomic E-state index is 10.9. The molecule has 3 nitrogen and oxygen atoms in total. The summed E-state index contributed by atoms with van der Waals surface area (Å²) in [4.78, 5) is 10.9. The Kier molecular flexibility index (Phi) is 6.60. The molecule has 0 saturated carbocycles. The molecule has 0 aliphatic rings. The first-order valence-electron chi connectivity index (χ1n) is 3.68. The second kappa shape index (κ2) is 6.64. The third-order valence-electron chi connectivity index (χ3n) is 1.39. The zero-order valence-corrected chi connectivity index (χ0v) is 7.91. The van der Waals surface area contributed by atoms with E-state index >= 15 is 0 Å². The second-order valence-corrected chi connectivity index (χ2v) is 3.47. The first kappa shape index (κ1) is 10.9. The van der Waals surface area contributed by atoms with Gasteiger partial charge in [-0.1, -0.05) is 0 Å². The molecule has 0 bridgehead atoms. The Labute approximate surface area is 72.1 Å². The molecule has 11 heavy (non-hydrogen) atoms. The van der Waals surface area contributed by atoms with E-state index in [0.717, 1.165) is 11.5 Å². The van der Waals surface area contributed by atoms with Gasteiger partial charge >= 0.3 is 0 Å². The van der Waals surface area contributed by atoms with Crippen molar-refractivity contribution in [3.05, 3.63) is 0 Å². The van der Waals surface area contributed by atoms with Crippen molar-refractivity contribution < 1.29 is 4.79 Å². The molecule has 0 amide bonds. The Balaban J connectivity index is 3.44. The highest BCUT2D eigenvalue weighted by Gasteiger charge is 2.09. The Morgan fingerprint density at radius 3 is 2.73 bits per heavy atom. The molecule has 0 aromatic carbocycles. The van der Waals surface area contributed by atoms with Crippen molar-refractivity contribution in [3.8, 4) is 0 Å². The van der Waals surface area contributed by atoms with Crippen LogP contribution in [0.25, 0.3) is 0 Å². The Bertz CT molecular complexity index is 119. The summed E-state index contributed by atoms with van der Waals surface area (Å²) in [6.07, 6.45) is 0. The number of hydrogen-bond acceptors (Lipinski definition) is 4. The molecule has 0 fully saturated rings. The van der Waals surface area contributed by atoms with Gasteiger partial charge in [-0.2, -0.15) is 11.8 Å². The second-order valence-electron chi connectivity index (χ2n) is 2.32. The summed E-state index contributed by atoms with van der Waals surface area (Å²) in [7, 11) is 1.80. The quantitative estimate of drug-likeness (QED) is 0.553. The van der Waals surface area contributed by atoms with E-state index in [4.69, 9.17) is 5.73 Å². The van der Waals surface area contributed by atoms with Gasteiger partial charge in [0.2, 0.25) is 0 Å². The summed E-state index contributed by atoms with van der Waals surface area (Å²) in [5.41, 5.74) is 5.31. The topological polar surface area (TPSA) is 55.1 Å². The van der Waals surface area contributed by atoms with Crippen molar-refractivity contribution in [3.63, 3.8) is 0 Å². The highest BCUT2D eigenvalue weighted by molar-refractivity contribution is 7.99. The van der Waals surface area contributed by atoms with E-state index in [9.17, 15) is 4.79 Å². The van der Waals surface area contributed by atoms with Crippen LogP contribution in [-0.2, 0) is 4.79 Å². The van der Waals surface area contributed by atoms with Crippen molar-refractivity contribution in [1.29, 1.82) is 0 Å². The molecule has 1 atom stereocenters. The summed E-state index contributed by atoms with van der Waals surface area (Å²) in [6.45, 7) is 2.28. The van der Waals surface area contributed by atoms with Gasteiger partial charge in [-0.05, 0) is 14.0 Å². The molecular formula is C7H16N2OS. The number of thioether (sulfide) groups is 1. The lowest BCUT2D eigenvalue weighted by Crippen LogP contribution is -2.34. The van der Waals surface area contributed by atoms with Gasteiger partial charge in [0, 0.05) is 18.1 Å². The molecule has 0 heterocycles. The molecule has 0 aromatic heterocycles. The molecule has 0 radical (unpaired) electrons. The van der Waals surface area contributed by atoms with Crippen LogP contribution in [-0.4, -0.2) is 36.9 Å². The average Bonchev–Trinajstić information content (AvgIpc) is 1.97. The van der Waals surface area contributed by atoms with Gasteiger partial charge in [-0.15, -0.1) is 0 Å². The van der Waals surface area contributed by atoms with Crippen LogP contribution in [0.4, 0.5) is 0 Å². The molecule has 0 aliphatic carbocycles. The number of ketones is 1. The molecular weight excluding hydrogens is 160 g/mol. The van der Waals surface area contributed by atoms with Crippen LogP contribution in [0.5, 0.6) is 0 Å². The number of likely N-dealkylation sites (N-methyl/N-ethyl adjacent to an activating group) is 1. The van der Waals surface area contributed by atoms with E-state index in [1.54, 1.807) is 25.7 Å². The molecule has 66 valence electrons. The number of carbonyl (C=O) groups is 1. The molecule has 0 rings (SSSR count). The molecule has 3 N–H and O–H groups in total. The van der Waals surface area contributed by atoms with Gasteiger partial charge in [0.1, 0.15) is 5.78 Å². The number of carbonyl (C=O) groups excluding carboxylic acids is 1. The molecule has 4 heteroatoms. The van der Waals surface area contributed by atoms with Gasteiger partial charge in [0.05, 0.1) is 6.04 Å². The fourth-order valence-electron chi connectivity index (χ4n) is 0.688. The summed E-state index contributed by atoms with van der Waals surface area (Å²) in [6, 6.07) is -0.00782. The maximum Gasteiger partial charge on any atom is 0.147 e. The number of nitrogens with two attached hydrogens (primary N) is 1. The summed E-state index contributed by atoms with van der Waals surface area (Å²) in [5.74, 6) is 1.94. The standard InChI is InChI=1S/C7H16N2OS/c1-6(10)7(9-2)5-11-4-3-8/h7,9H,3-5,8H2,1-2H3/t7-/m0/s1. The first-order chi connectivity index (χ1) is 5.22. The van der Waals surface area contributed by atoms with Crippen LogP contribution in [0.15, 0.2) is 0 Å². The minimum absolute atomic E-state index is 0.00782. The predicted molar refractivity (Wildman–Crippen MR) is 49.9 cm³/mol. The predicted octanol–water partition coefficient (Wildman–Crippen LogP) is -0.145. The molecule has 0 unspecified atom stereocenters. The van der Waals surface area contributed by atoms with E-state index in [0.29, 0.717) is 6.54 Å². The minimum Gasteiger partial charge on any atom is -0.330 e. The summed E-state index contributed by atoms with van der Waals surface area (Å²) >= 11 is 1.71. The fourth-order valence-corrected chi connectivity index (χ4v) is 1.66. The monoisotopic (exact) mass is 176 g/mol. The van der Waals surface area contributed by atoms with Gasteiger partial charge in [-0.25, -0.2) is 0 Å². The van der Waals surface area contributed by atoms with Gasteiger partial charge < -0.3 is 11.1 Å². The van der Waals surface area contributed by atoms with Crippen LogP contribution in [0.3, 0.4) is 0 Å². The van der Waals surface area contributed by atoms with Crippen molar-refractivity contribution in [2.75, 3.05) is 25.1 Å². The van der Waals surface area contributed by atoms with E-state index in [-0.39, 0.29) is 11.8 Å². The van der Waals surface area contributed by atoms with Crippen LogP contribution in [0, 0.1) is 0 Å². The largest absolute Gasteiger partial charge is 0.330 e. The van der Waals surface area contributed by atoms with E-state index in [2.05, 4.69) is 5.32 Å². The Hall–Kier alpha value is -0.0600. The third-order valence-corrected chi connectivity index (χ3v) is 2.48. The van der Waals surface area contributed by atoms with E-state index < -0.39 is 0 Å². The zero-order valence-electron chi connectivity index (χ0n) is 7.09. The molecule has 0 spiro atoms. The first-order valence-corrected chi connectivity index (χ1v) is 4.83. The third kappa shape index (κ3) is 5.24. The number of hydrogen-bond donors (Lipinski definition) is 2. The fraction of sp³-hybridized carbons (Fsp3) is 0.857. The Morgan fingerprint density at radius 1 is 1.73 bits per heavy atom. The van der Waals surface area contributed by atoms with Crippen molar-refractivity contribution >= 4 is 17.5 Å². The molecule has 0 aromatic rings. The lowest BCUT2D eigenvalue weighted by atomic mass is 10.2. The highest BCUT2D eigenvalue weighted by atomic mass is 32.2. The minimum atomic E-state index is -0.00782. The van der Waals surface area contributed by atoms with E-state index in [1.807, 2.05) is 0 Å². The number of rotatable bonds is 6. The van der Waals surface area contributed by atoms with E-state index in [1.165, 1.54) is 0 Å². The summed E-state index contributed by atoms with van der Waals surface area (Å²) < 4.78 is 0. The van der Waals surface area contributed by atoms with Gasteiger partial charge in [-0.3, -0.25) is 4.79 Å². The SMILES string of the molecule is CN[C@@H](CSCCN)C(C)=O. The van der Waals surface area contributed by atoms with Crippen molar-refractivity contribution in [2.45, 2.75) is 13.0 Å². The average molecular weight is 176 g/mol. The van der Waals surface area contributed by atoms with Crippen molar-refractivity contribution in [1.82, 2.24) is 5.32 Å². The number of nitrogens with one attached hydrogen (secondary N) is 1. The summed E-state index contributed by atoms with van der Waals surface area (Å²) in [5, 5.41) is 2.95. The van der Waals surface area contributed by atoms with Crippen LogP contribution >= 0.6 is 11.8 Å². The van der Waals surface area contributed by atoms with Gasteiger partial charge in [0.25, 0.3) is 0 Å². The lowest BCUT2D eigenvalue weighted by molar-refractivity contribution is -0.118.